The first-order valence-electron chi connectivity index (χ1n) is 9.00. The van der Waals surface area contributed by atoms with E-state index in [0.29, 0.717) is 0 Å². The van der Waals surface area contributed by atoms with Gasteiger partial charge in [0.15, 0.2) is 0 Å². The molecule has 0 amide bonds. The van der Waals surface area contributed by atoms with Crippen LogP contribution in [0.1, 0.15) is 59.3 Å². The van der Waals surface area contributed by atoms with Crippen LogP contribution in [-0.2, 0) is 41.5 Å². The third kappa shape index (κ3) is 51.8. The SMILES string of the molecule is CCCC[PH+](CCCC)CCCC.CS(=O)[O-].[C-]#[O+].[C-]#[O+].[Mo].c1cc[cH-]c1. The quantitative estimate of drug-likeness (QED) is 0.149. The molecule has 0 spiro atoms. The summed E-state index contributed by atoms with van der Waals surface area (Å²) in [7, 11) is 0.0675. The van der Waals surface area contributed by atoms with Crippen LogP contribution in [0.15, 0.2) is 30.3 Å². The maximum atomic E-state index is 9.00. The molecular formula is C20H36MoO4PS-. The Morgan fingerprint density at radius 3 is 1.30 bits per heavy atom. The third-order valence-corrected chi connectivity index (χ3v) is 6.39. The molecule has 0 saturated carbocycles. The van der Waals surface area contributed by atoms with E-state index >= 15 is 0 Å². The van der Waals surface area contributed by atoms with Gasteiger partial charge in [0.1, 0.15) is 0 Å². The minimum absolute atomic E-state index is 0. The van der Waals surface area contributed by atoms with Crippen molar-refractivity contribution in [1.82, 2.24) is 0 Å². The number of hydrogen-bond acceptors (Lipinski definition) is 2. The predicted octanol–water partition coefficient (Wildman–Crippen LogP) is 5.42. The number of rotatable bonds is 9. The molecule has 1 unspecified atom stereocenters. The van der Waals surface area contributed by atoms with Gasteiger partial charge in [-0.15, -0.1) is 0 Å². The first kappa shape index (κ1) is 37.8. The molecule has 0 bridgehead atoms. The van der Waals surface area contributed by atoms with Gasteiger partial charge in [-0.3, -0.25) is 4.21 Å². The summed E-state index contributed by atoms with van der Waals surface area (Å²) in [4.78, 5) is 0. The van der Waals surface area contributed by atoms with Crippen LogP contribution >= 0.6 is 7.92 Å². The maximum Gasteiger partial charge on any atom is 0 e. The van der Waals surface area contributed by atoms with Crippen molar-refractivity contribution in [3.63, 3.8) is 0 Å². The molecule has 1 aromatic carbocycles. The van der Waals surface area contributed by atoms with E-state index in [1.807, 2.05) is 30.3 Å². The van der Waals surface area contributed by atoms with Crippen molar-refractivity contribution < 1.29 is 39.1 Å². The fourth-order valence-electron chi connectivity index (χ4n) is 1.98. The average Bonchev–Trinajstić information content (AvgIpc) is 3.24. The standard InChI is InChI=1S/C12H27P.C5H5.CH4O2S.2CO.Mo/c1-4-7-10-13(11-8-5-2)12-9-6-3;1-2-4-5-3-1;1-4(2)3;2*1-2;/h4-12H2,1-3H3;1-5H;1H3,(H,2,3);;;/q;-1;;;;. The van der Waals surface area contributed by atoms with E-state index in [1.165, 1.54) is 38.5 Å². The summed E-state index contributed by atoms with van der Waals surface area (Å²) in [6, 6.07) is 10.0. The van der Waals surface area contributed by atoms with Gasteiger partial charge >= 0.3 is 22.6 Å². The zero-order valence-electron chi connectivity index (χ0n) is 17.2. The molecule has 158 valence electrons. The molecule has 0 radical (unpaired) electrons. The molecule has 4 nitrogen and oxygen atoms in total. The first-order valence-corrected chi connectivity index (χ1v) is 12.6. The minimum atomic E-state index is -1.86. The van der Waals surface area contributed by atoms with E-state index in [-0.39, 0.29) is 29.0 Å². The molecule has 1 rings (SSSR count). The Morgan fingerprint density at radius 2 is 1.15 bits per heavy atom. The molecule has 0 heterocycles. The molecule has 0 saturated heterocycles. The van der Waals surface area contributed by atoms with Crippen molar-refractivity contribution in [2.24, 2.45) is 0 Å². The van der Waals surface area contributed by atoms with Crippen molar-refractivity contribution in [3.05, 3.63) is 43.6 Å². The van der Waals surface area contributed by atoms with Crippen LogP contribution in [0.25, 0.3) is 0 Å². The van der Waals surface area contributed by atoms with Crippen molar-refractivity contribution in [2.45, 2.75) is 59.3 Å². The van der Waals surface area contributed by atoms with Crippen molar-refractivity contribution >= 4 is 19.0 Å². The normalized spacial score (nSPS) is 9.26. The van der Waals surface area contributed by atoms with Crippen LogP contribution in [0, 0.1) is 13.3 Å². The van der Waals surface area contributed by atoms with E-state index in [4.69, 9.17) is 18.1 Å². The molecule has 0 N–H and O–H groups in total. The Labute approximate surface area is 185 Å². The van der Waals surface area contributed by atoms with Gasteiger partial charge in [-0.1, -0.05) is 51.1 Å². The summed E-state index contributed by atoms with van der Waals surface area (Å²) in [6.45, 7) is 16.0. The first-order chi connectivity index (χ1) is 12.6. The fourth-order valence-corrected chi connectivity index (χ4v) is 5.29. The molecule has 1 aromatic rings. The van der Waals surface area contributed by atoms with Crippen LogP contribution in [0.3, 0.4) is 0 Å². The van der Waals surface area contributed by atoms with Crippen LogP contribution in [0.4, 0.5) is 0 Å². The summed E-state index contributed by atoms with van der Waals surface area (Å²) >= 11 is -1.86. The molecule has 7 heteroatoms. The summed E-state index contributed by atoms with van der Waals surface area (Å²) in [5.41, 5.74) is 0. The average molecular weight is 499 g/mol. The smallest absolute Gasteiger partial charge is 0 e. The van der Waals surface area contributed by atoms with Crippen LogP contribution in [-0.4, -0.2) is 33.5 Å². The largest absolute Gasteiger partial charge is 0.214 e. The van der Waals surface area contributed by atoms with E-state index in [1.54, 1.807) is 18.5 Å². The Bertz CT molecular complexity index is 338. The van der Waals surface area contributed by atoms with Gasteiger partial charge in [-0.05, 0) is 25.5 Å². The number of hydrogen-bond donors (Lipinski definition) is 0. The van der Waals surface area contributed by atoms with Crippen molar-refractivity contribution in [1.29, 1.82) is 0 Å². The Hall–Kier alpha value is 0.0583. The zero-order chi connectivity index (χ0) is 21.1. The van der Waals surface area contributed by atoms with Gasteiger partial charge in [0.2, 0.25) is 0 Å². The fraction of sp³-hybridized carbons (Fsp3) is 0.650. The van der Waals surface area contributed by atoms with Gasteiger partial charge in [0, 0.05) is 29.0 Å². The molecule has 0 aromatic heterocycles. The van der Waals surface area contributed by atoms with E-state index in [2.05, 4.69) is 34.1 Å². The van der Waals surface area contributed by atoms with Gasteiger partial charge in [-0.25, -0.2) is 12.1 Å². The summed E-state index contributed by atoms with van der Waals surface area (Å²) in [5.74, 6) is 0. The predicted molar refractivity (Wildman–Crippen MR) is 112 cm³/mol. The van der Waals surface area contributed by atoms with Gasteiger partial charge in [0.25, 0.3) is 0 Å². The molecule has 0 aliphatic carbocycles. The van der Waals surface area contributed by atoms with E-state index in [0.717, 1.165) is 6.26 Å². The van der Waals surface area contributed by atoms with Crippen molar-refractivity contribution in [2.75, 3.05) is 24.7 Å². The molecule has 27 heavy (non-hydrogen) atoms. The van der Waals surface area contributed by atoms with Crippen LogP contribution in [0.5, 0.6) is 0 Å². The topological polar surface area (TPSA) is 79.9 Å². The second-order valence-corrected chi connectivity index (χ2v) is 9.23. The van der Waals surface area contributed by atoms with E-state index in [9.17, 15) is 0 Å². The van der Waals surface area contributed by atoms with Gasteiger partial charge in [0.05, 0.1) is 18.5 Å². The molecule has 0 fully saturated rings. The van der Waals surface area contributed by atoms with Gasteiger partial charge < -0.3 is 4.55 Å². The van der Waals surface area contributed by atoms with Crippen LogP contribution in [0.2, 0.25) is 0 Å². The third-order valence-electron chi connectivity index (χ3n) is 3.21. The van der Waals surface area contributed by atoms with Gasteiger partial charge in [-0.2, -0.15) is 18.2 Å². The monoisotopic (exact) mass is 501 g/mol. The molecule has 1 atom stereocenters. The zero-order valence-corrected chi connectivity index (χ0v) is 21.0. The maximum absolute atomic E-state index is 9.00. The van der Waals surface area contributed by atoms with E-state index < -0.39 is 11.1 Å². The molecule has 0 aliphatic heterocycles. The molecular weight excluding hydrogens is 463 g/mol. The van der Waals surface area contributed by atoms with Crippen molar-refractivity contribution in [3.8, 4) is 0 Å². The second kappa shape index (κ2) is 40.7. The Kier molecular flexibility index (Phi) is 56.9. The minimum Gasteiger partial charge on any atom is -0.214 e. The number of unbranched alkanes of at least 4 members (excludes halogenated alkanes) is 3. The second-order valence-electron chi connectivity index (χ2n) is 5.42. The Morgan fingerprint density at radius 1 is 0.889 bits per heavy atom. The Balaban J connectivity index is -0.0000000950. The van der Waals surface area contributed by atoms with Crippen LogP contribution < -0.4 is 0 Å². The summed E-state index contributed by atoms with van der Waals surface area (Å²) in [5, 5.41) is 0. The molecule has 0 aliphatic rings. The summed E-state index contributed by atoms with van der Waals surface area (Å²) < 4.78 is 33.0. The summed E-state index contributed by atoms with van der Waals surface area (Å²) in [6.07, 6.45) is 14.5.